The highest BCUT2D eigenvalue weighted by atomic mass is 32.1. The van der Waals surface area contributed by atoms with Gasteiger partial charge in [0.1, 0.15) is 24.6 Å². The molecule has 4 N–H and O–H groups in total. The monoisotopic (exact) mass is 355 g/mol. The molecule has 2 rings (SSSR count). The SMILES string of the molecule is [NH3+]C(CS)C(=O)NCCCn1cc(Cn2ccnc2[N+](=O)[O-])nn1. The van der Waals surface area contributed by atoms with Crippen molar-refractivity contribution >= 4 is 24.5 Å². The minimum Gasteiger partial charge on any atom is -0.390 e. The number of nitro groups is 1. The summed E-state index contributed by atoms with van der Waals surface area (Å²) < 4.78 is 3.02. The fourth-order valence-electron chi connectivity index (χ4n) is 1.97. The van der Waals surface area contributed by atoms with Gasteiger partial charge >= 0.3 is 5.95 Å². The maximum absolute atomic E-state index is 11.5. The van der Waals surface area contributed by atoms with Crippen LogP contribution < -0.4 is 11.1 Å². The molecule has 1 atom stereocenters. The summed E-state index contributed by atoms with van der Waals surface area (Å²) in [4.78, 5) is 25.5. The molecule has 1 unspecified atom stereocenters. The summed E-state index contributed by atoms with van der Waals surface area (Å²) in [6, 6.07) is -0.364. The van der Waals surface area contributed by atoms with Crippen LogP contribution in [-0.4, -0.2) is 53.7 Å². The van der Waals surface area contributed by atoms with Crippen LogP contribution in [0.2, 0.25) is 0 Å². The smallest absolute Gasteiger partial charge is 0.390 e. The Morgan fingerprint density at radius 1 is 1.54 bits per heavy atom. The first-order chi connectivity index (χ1) is 11.5. The van der Waals surface area contributed by atoms with Crippen LogP contribution in [-0.2, 0) is 17.9 Å². The summed E-state index contributed by atoms with van der Waals surface area (Å²) >= 11 is 4.02. The number of nitrogens with zero attached hydrogens (tertiary/aromatic N) is 6. The Balaban J connectivity index is 1.80. The average molecular weight is 355 g/mol. The summed E-state index contributed by atoms with van der Waals surface area (Å²) in [5.41, 5.74) is 4.27. The van der Waals surface area contributed by atoms with Gasteiger partial charge in [0, 0.05) is 13.1 Å². The molecule has 12 heteroatoms. The highest BCUT2D eigenvalue weighted by molar-refractivity contribution is 7.80. The second kappa shape index (κ2) is 8.40. The van der Waals surface area contributed by atoms with Gasteiger partial charge in [0.15, 0.2) is 6.04 Å². The van der Waals surface area contributed by atoms with Crippen LogP contribution in [0.5, 0.6) is 0 Å². The molecular formula is C12H19N8O3S+. The third-order valence-corrected chi connectivity index (χ3v) is 3.67. The first-order valence-electron chi connectivity index (χ1n) is 7.27. The Bertz CT molecular complexity index is 700. The zero-order valence-corrected chi connectivity index (χ0v) is 13.8. The number of amides is 1. The van der Waals surface area contributed by atoms with Gasteiger partial charge in [-0.1, -0.05) is 10.2 Å². The maximum Gasteiger partial charge on any atom is 0.434 e. The van der Waals surface area contributed by atoms with Gasteiger partial charge in [0.25, 0.3) is 5.91 Å². The van der Waals surface area contributed by atoms with Crippen LogP contribution in [0.25, 0.3) is 0 Å². The van der Waals surface area contributed by atoms with Crippen molar-refractivity contribution in [2.75, 3.05) is 12.3 Å². The van der Waals surface area contributed by atoms with Crippen molar-refractivity contribution in [3.8, 4) is 0 Å². The van der Waals surface area contributed by atoms with Crippen LogP contribution in [0.1, 0.15) is 12.1 Å². The Kier molecular flexibility index (Phi) is 6.26. The number of carbonyl (C=O) groups is 1. The molecular weight excluding hydrogens is 336 g/mol. The molecule has 0 aromatic carbocycles. The molecule has 0 aliphatic heterocycles. The molecule has 130 valence electrons. The molecule has 1 amide bonds. The number of thiol groups is 1. The quantitative estimate of drug-likeness (QED) is 0.215. The van der Waals surface area contributed by atoms with Gasteiger partial charge in [-0.25, -0.2) is 4.57 Å². The molecule has 0 fully saturated rings. The molecule has 0 saturated carbocycles. The first kappa shape index (κ1) is 17.9. The number of aryl methyl sites for hydroxylation is 1. The summed E-state index contributed by atoms with van der Waals surface area (Å²) in [6.07, 6.45) is 5.28. The van der Waals surface area contributed by atoms with Gasteiger partial charge in [0.05, 0.1) is 11.9 Å². The number of imidazole rings is 1. The molecule has 0 bridgehead atoms. The lowest BCUT2D eigenvalue weighted by molar-refractivity contribution is -0.396. The highest BCUT2D eigenvalue weighted by Gasteiger charge is 2.16. The van der Waals surface area contributed by atoms with E-state index in [1.165, 1.54) is 17.0 Å². The maximum atomic E-state index is 11.5. The van der Waals surface area contributed by atoms with Crippen molar-refractivity contribution in [2.45, 2.75) is 25.6 Å². The fourth-order valence-corrected chi connectivity index (χ4v) is 2.14. The van der Waals surface area contributed by atoms with Gasteiger partial charge < -0.3 is 21.2 Å². The minimum atomic E-state index is -0.548. The third-order valence-electron chi connectivity index (χ3n) is 3.23. The predicted octanol–water partition coefficient (Wildman–Crippen LogP) is -1.52. The van der Waals surface area contributed by atoms with Crippen molar-refractivity contribution < 1.29 is 15.5 Å². The van der Waals surface area contributed by atoms with Gasteiger partial charge in [-0.2, -0.15) is 12.6 Å². The topological polar surface area (TPSA) is 148 Å². The molecule has 2 aromatic heterocycles. The Labute approximate surface area is 142 Å². The Hall–Kier alpha value is -2.47. The van der Waals surface area contributed by atoms with Crippen molar-refractivity contribution in [2.24, 2.45) is 0 Å². The van der Waals surface area contributed by atoms with E-state index in [2.05, 4.69) is 39.0 Å². The Morgan fingerprint density at radius 3 is 3.04 bits per heavy atom. The van der Waals surface area contributed by atoms with E-state index in [9.17, 15) is 14.9 Å². The highest BCUT2D eigenvalue weighted by Crippen LogP contribution is 2.09. The van der Waals surface area contributed by atoms with Crippen molar-refractivity contribution in [1.82, 2.24) is 29.9 Å². The van der Waals surface area contributed by atoms with E-state index in [1.54, 1.807) is 10.9 Å². The van der Waals surface area contributed by atoms with Crippen LogP contribution in [0, 0.1) is 10.1 Å². The number of nitrogens with one attached hydrogen (secondary N) is 1. The van der Waals surface area contributed by atoms with Gasteiger partial charge in [0.2, 0.25) is 0 Å². The van der Waals surface area contributed by atoms with E-state index in [4.69, 9.17) is 0 Å². The lowest BCUT2D eigenvalue weighted by atomic mass is 10.3. The summed E-state index contributed by atoms with van der Waals surface area (Å²) in [7, 11) is 0. The summed E-state index contributed by atoms with van der Waals surface area (Å²) in [5, 5.41) is 21.5. The predicted molar refractivity (Wildman–Crippen MR) is 86.2 cm³/mol. The largest absolute Gasteiger partial charge is 0.434 e. The zero-order chi connectivity index (χ0) is 17.5. The van der Waals surface area contributed by atoms with E-state index in [-0.39, 0.29) is 24.4 Å². The molecule has 0 spiro atoms. The second-order valence-electron chi connectivity index (χ2n) is 5.11. The molecule has 2 heterocycles. The van der Waals surface area contributed by atoms with Crippen molar-refractivity contribution in [1.29, 1.82) is 0 Å². The first-order valence-corrected chi connectivity index (χ1v) is 7.90. The lowest BCUT2D eigenvalue weighted by Crippen LogP contribution is -2.68. The molecule has 2 aromatic rings. The molecule has 0 aliphatic carbocycles. The standard InChI is InChI=1S/C12H18N8O3S/c13-10(8-24)11(21)14-2-1-4-19-7-9(16-17-19)6-18-5-3-15-12(18)20(22)23/h3,5,7,10,24H,1-2,4,6,8,13H2,(H,14,21)/p+1. The van der Waals surface area contributed by atoms with E-state index in [0.29, 0.717) is 31.0 Å². The third kappa shape index (κ3) is 4.76. The number of rotatable bonds is 9. The average Bonchev–Trinajstić information content (AvgIpc) is 3.20. The number of quaternary nitrogens is 1. The Morgan fingerprint density at radius 2 is 2.33 bits per heavy atom. The summed E-state index contributed by atoms with van der Waals surface area (Å²) in [5.74, 6) is 0.0365. The van der Waals surface area contributed by atoms with Crippen LogP contribution in [0.3, 0.4) is 0 Å². The number of hydrogen-bond acceptors (Lipinski definition) is 7. The lowest BCUT2D eigenvalue weighted by Gasteiger charge is -2.07. The zero-order valence-electron chi connectivity index (χ0n) is 12.9. The number of carbonyl (C=O) groups excluding carboxylic acids is 1. The van der Waals surface area contributed by atoms with Crippen LogP contribution in [0.15, 0.2) is 18.6 Å². The minimum absolute atomic E-state index is 0.128. The van der Waals surface area contributed by atoms with Crippen molar-refractivity contribution in [3.63, 3.8) is 0 Å². The van der Waals surface area contributed by atoms with E-state index in [1.807, 2.05) is 0 Å². The normalized spacial score (nSPS) is 12.1. The second-order valence-corrected chi connectivity index (χ2v) is 5.47. The molecule has 0 saturated heterocycles. The van der Waals surface area contributed by atoms with Gasteiger partial charge in [-0.05, 0) is 11.3 Å². The molecule has 11 nitrogen and oxygen atoms in total. The number of hydrogen-bond donors (Lipinski definition) is 3. The number of aromatic nitrogens is 5. The van der Waals surface area contributed by atoms with Crippen LogP contribution in [0.4, 0.5) is 5.95 Å². The van der Waals surface area contributed by atoms with Crippen LogP contribution >= 0.6 is 12.6 Å². The van der Waals surface area contributed by atoms with Gasteiger partial charge in [-0.3, -0.25) is 9.48 Å². The van der Waals surface area contributed by atoms with E-state index in [0.717, 1.165) is 0 Å². The van der Waals surface area contributed by atoms with E-state index >= 15 is 0 Å². The fraction of sp³-hybridized carbons (Fsp3) is 0.500. The van der Waals surface area contributed by atoms with E-state index < -0.39 is 4.92 Å². The summed E-state index contributed by atoms with van der Waals surface area (Å²) in [6.45, 7) is 1.29. The molecule has 0 aliphatic rings. The molecule has 0 radical (unpaired) electrons. The van der Waals surface area contributed by atoms with Gasteiger partial charge in [-0.15, -0.1) is 5.10 Å². The van der Waals surface area contributed by atoms with Crippen molar-refractivity contribution in [3.05, 3.63) is 34.4 Å². The molecule has 24 heavy (non-hydrogen) atoms.